The Morgan fingerprint density at radius 3 is 3.00 bits per heavy atom. The number of nitrogens with zero attached hydrogens (tertiary/aromatic N) is 2. The van der Waals surface area contributed by atoms with Crippen LogP contribution >= 0.6 is 0 Å². The second-order valence-electron chi connectivity index (χ2n) is 4.97. The molecule has 2 saturated heterocycles. The summed E-state index contributed by atoms with van der Waals surface area (Å²) >= 11 is 0. The van der Waals surface area contributed by atoms with Crippen LogP contribution in [-0.2, 0) is 9.53 Å². The van der Waals surface area contributed by atoms with Crippen molar-refractivity contribution in [2.24, 2.45) is 0 Å². The van der Waals surface area contributed by atoms with Crippen LogP contribution in [0.4, 0.5) is 0 Å². The molecular formula is C14H20N2O2. The molecule has 1 unspecified atom stereocenters. The molecule has 0 aromatic carbocycles. The van der Waals surface area contributed by atoms with Crippen molar-refractivity contribution in [2.45, 2.75) is 51.2 Å². The topological polar surface area (TPSA) is 53.3 Å². The van der Waals surface area contributed by atoms with Gasteiger partial charge in [0, 0.05) is 19.2 Å². The molecule has 0 spiro atoms. The number of nitriles is 1. The number of carbonyl (C=O) groups is 1. The number of rotatable bonds is 4. The van der Waals surface area contributed by atoms with Gasteiger partial charge in [-0.25, -0.2) is 0 Å². The summed E-state index contributed by atoms with van der Waals surface area (Å²) in [7, 11) is 1.63. The highest BCUT2D eigenvalue weighted by Crippen LogP contribution is 2.36. The van der Waals surface area contributed by atoms with E-state index in [1.165, 1.54) is 0 Å². The van der Waals surface area contributed by atoms with E-state index in [9.17, 15) is 10.1 Å². The Morgan fingerprint density at radius 1 is 1.61 bits per heavy atom. The average molecular weight is 248 g/mol. The second kappa shape index (κ2) is 5.53. The molecule has 0 radical (unpaired) electrons. The third-order valence-corrected chi connectivity index (χ3v) is 3.92. The SMILES string of the molecule is CCCC/C(C#N)=C1\C(=O)N2CCCC2[C@@H]1OC. The summed E-state index contributed by atoms with van der Waals surface area (Å²) in [6.45, 7) is 2.89. The van der Waals surface area contributed by atoms with Crippen molar-refractivity contribution in [3.05, 3.63) is 11.1 Å². The Kier molecular flexibility index (Phi) is 4.03. The van der Waals surface area contributed by atoms with E-state index in [2.05, 4.69) is 13.0 Å². The largest absolute Gasteiger partial charge is 0.374 e. The Labute approximate surface area is 108 Å². The normalized spacial score (nSPS) is 29.4. The van der Waals surface area contributed by atoms with Gasteiger partial charge >= 0.3 is 0 Å². The van der Waals surface area contributed by atoms with E-state index in [0.717, 1.165) is 32.2 Å². The first-order valence-corrected chi connectivity index (χ1v) is 6.71. The summed E-state index contributed by atoms with van der Waals surface area (Å²) in [5.74, 6) is 0.0250. The highest BCUT2D eigenvalue weighted by Gasteiger charge is 2.47. The maximum absolute atomic E-state index is 12.4. The number of hydrogen-bond acceptors (Lipinski definition) is 3. The fourth-order valence-corrected chi connectivity index (χ4v) is 3.01. The minimum Gasteiger partial charge on any atom is -0.374 e. The number of allylic oxidation sites excluding steroid dienone is 1. The van der Waals surface area contributed by atoms with Gasteiger partial charge in [-0.15, -0.1) is 0 Å². The van der Waals surface area contributed by atoms with Crippen molar-refractivity contribution in [1.82, 2.24) is 4.90 Å². The van der Waals surface area contributed by atoms with Crippen LogP contribution < -0.4 is 0 Å². The third kappa shape index (κ3) is 2.04. The van der Waals surface area contributed by atoms with Gasteiger partial charge < -0.3 is 9.64 Å². The van der Waals surface area contributed by atoms with Crippen molar-refractivity contribution < 1.29 is 9.53 Å². The van der Waals surface area contributed by atoms with E-state index in [4.69, 9.17) is 4.74 Å². The molecule has 2 fully saturated rings. The lowest BCUT2D eigenvalue weighted by Gasteiger charge is -2.18. The lowest BCUT2D eigenvalue weighted by atomic mass is 9.97. The van der Waals surface area contributed by atoms with Gasteiger partial charge in [0.1, 0.15) is 6.10 Å². The van der Waals surface area contributed by atoms with Crippen LogP contribution in [0.5, 0.6) is 0 Å². The van der Waals surface area contributed by atoms with Gasteiger partial charge in [0.05, 0.1) is 17.7 Å². The van der Waals surface area contributed by atoms with Crippen molar-refractivity contribution in [3.63, 3.8) is 0 Å². The van der Waals surface area contributed by atoms with Gasteiger partial charge in [-0.1, -0.05) is 13.3 Å². The minimum atomic E-state index is -0.202. The van der Waals surface area contributed by atoms with Gasteiger partial charge in [0.25, 0.3) is 5.91 Å². The summed E-state index contributed by atoms with van der Waals surface area (Å²) in [5.41, 5.74) is 1.25. The van der Waals surface area contributed by atoms with Gasteiger partial charge in [0.15, 0.2) is 0 Å². The molecule has 2 aliphatic heterocycles. The Balaban J connectivity index is 2.32. The lowest BCUT2D eigenvalue weighted by Crippen LogP contribution is -2.31. The van der Waals surface area contributed by atoms with Crippen LogP contribution in [0.25, 0.3) is 0 Å². The molecule has 2 heterocycles. The highest BCUT2D eigenvalue weighted by atomic mass is 16.5. The second-order valence-corrected chi connectivity index (χ2v) is 4.97. The van der Waals surface area contributed by atoms with Crippen LogP contribution in [0.1, 0.15) is 39.0 Å². The number of methoxy groups -OCH3 is 1. The van der Waals surface area contributed by atoms with Crippen molar-refractivity contribution in [1.29, 1.82) is 5.26 Å². The first-order valence-electron chi connectivity index (χ1n) is 6.71. The molecular weight excluding hydrogens is 228 g/mol. The fourth-order valence-electron chi connectivity index (χ4n) is 3.01. The molecule has 0 aromatic heterocycles. The van der Waals surface area contributed by atoms with Crippen LogP contribution in [0.2, 0.25) is 0 Å². The molecule has 0 bridgehead atoms. The van der Waals surface area contributed by atoms with Gasteiger partial charge in [-0.3, -0.25) is 4.79 Å². The number of carbonyl (C=O) groups excluding carboxylic acids is 1. The molecule has 0 N–H and O–H groups in total. The third-order valence-electron chi connectivity index (χ3n) is 3.92. The summed E-state index contributed by atoms with van der Waals surface area (Å²) in [6.07, 6.45) is 4.49. The van der Waals surface area contributed by atoms with E-state index in [0.29, 0.717) is 17.6 Å². The first-order chi connectivity index (χ1) is 8.74. The van der Waals surface area contributed by atoms with E-state index in [-0.39, 0.29) is 18.1 Å². The quantitative estimate of drug-likeness (QED) is 0.565. The van der Waals surface area contributed by atoms with Gasteiger partial charge in [-0.2, -0.15) is 5.26 Å². The molecule has 0 aromatic rings. The van der Waals surface area contributed by atoms with Crippen LogP contribution in [0, 0.1) is 11.3 Å². The van der Waals surface area contributed by atoms with Crippen molar-refractivity contribution >= 4 is 5.91 Å². The lowest BCUT2D eigenvalue weighted by molar-refractivity contribution is -0.125. The van der Waals surface area contributed by atoms with E-state index >= 15 is 0 Å². The molecule has 2 rings (SSSR count). The number of amides is 1. The molecule has 0 aliphatic carbocycles. The van der Waals surface area contributed by atoms with Crippen LogP contribution in [0.3, 0.4) is 0 Å². The van der Waals surface area contributed by atoms with Crippen molar-refractivity contribution in [3.8, 4) is 6.07 Å². The fraction of sp³-hybridized carbons (Fsp3) is 0.714. The standard InChI is InChI=1S/C14H20N2O2/c1-3-4-6-10(9-15)12-13(18-2)11-7-5-8-16(11)14(12)17/h11,13H,3-8H2,1-2H3/b12-10+/t11?,13-/m0/s1. The molecule has 98 valence electrons. The Morgan fingerprint density at radius 2 is 2.39 bits per heavy atom. The first kappa shape index (κ1) is 13.1. The smallest absolute Gasteiger partial charge is 0.253 e. The number of hydrogen-bond donors (Lipinski definition) is 0. The summed E-state index contributed by atoms with van der Waals surface area (Å²) in [6, 6.07) is 2.37. The molecule has 2 aliphatic rings. The zero-order chi connectivity index (χ0) is 13.1. The van der Waals surface area contributed by atoms with E-state index in [1.807, 2.05) is 4.90 Å². The summed E-state index contributed by atoms with van der Waals surface area (Å²) in [5, 5.41) is 9.27. The number of unbranched alkanes of at least 4 members (excludes halogenated alkanes) is 1. The molecule has 18 heavy (non-hydrogen) atoms. The predicted octanol–water partition coefficient (Wildman–Crippen LogP) is 2.02. The van der Waals surface area contributed by atoms with Crippen LogP contribution in [-0.4, -0.2) is 36.6 Å². The number of fused-ring (bicyclic) bond motifs is 1. The zero-order valence-corrected chi connectivity index (χ0v) is 11.1. The summed E-state index contributed by atoms with van der Waals surface area (Å²) < 4.78 is 5.50. The van der Waals surface area contributed by atoms with Gasteiger partial charge in [-0.05, 0) is 25.7 Å². The molecule has 1 amide bonds. The Bertz CT molecular complexity index is 409. The maximum atomic E-state index is 12.4. The molecule has 2 atom stereocenters. The number of ether oxygens (including phenoxy) is 1. The molecule has 0 saturated carbocycles. The average Bonchev–Trinajstić information content (AvgIpc) is 2.94. The van der Waals surface area contributed by atoms with Crippen molar-refractivity contribution in [2.75, 3.05) is 13.7 Å². The monoisotopic (exact) mass is 248 g/mol. The molecule has 4 heteroatoms. The summed E-state index contributed by atoms with van der Waals surface area (Å²) in [4.78, 5) is 14.2. The van der Waals surface area contributed by atoms with E-state index in [1.54, 1.807) is 7.11 Å². The van der Waals surface area contributed by atoms with Crippen LogP contribution in [0.15, 0.2) is 11.1 Å². The maximum Gasteiger partial charge on any atom is 0.253 e. The zero-order valence-electron chi connectivity index (χ0n) is 11.1. The van der Waals surface area contributed by atoms with Gasteiger partial charge in [0.2, 0.25) is 0 Å². The highest BCUT2D eigenvalue weighted by molar-refractivity contribution is 5.99. The minimum absolute atomic E-state index is 0.0250. The molecule has 4 nitrogen and oxygen atoms in total. The Hall–Kier alpha value is -1.34. The predicted molar refractivity (Wildman–Crippen MR) is 67.7 cm³/mol. The van der Waals surface area contributed by atoms with E-state index < -0.39 is 0 Å².